The third-order valence-corrected chi connectivity index (χ3v) is 6.73. The van der Waals surface area contributed by atoms with E-state index in [0.29, 0.717) is 17.6 Å². The van der Waals surface area contributed by atoms with Crippen molar-refractivity contribution in [3.63, 3.8) is 0 Å². The molecule has 3 aliphatic rings. The first-order valence-corrected chi connectivity index (χ1v) is 10.7. The average molecular weight is 468 g/mol. The Hall–Kier alpha value is -1.73. The van der Waals surface area contributed by atoms with Gasteiger partial charge in [-0.3, -0.25) is 9.69 Å². The lowest BCUT2D eigenvalue weighted by atomic mass is 9.89. The van der Waals surface area contributed by atoms with Crippen LogP contribution >= 0.6 is 24.8 Å². The standard InChI is InChI=1S/C23H29N3O3.2ClH/c1-28-18-6-4-16(5-7-18)22-20-13-24-12-17(20)14-26(22)23(27)21-9-8-19(29-21)15-25-10-2-3-11-25;;/h4-9,17,20,22,24H,2-3,10-15H2,1H3;2*1H/t17-,20-,22-;;/m0../s1. The fourth-order valence-electron chi connectivity index (χ4n) is 5.24. The van der Waals surface area contributed by atoms with Gasteiger partial charge in [0.25, 0.3) is 5.91 Å². The number of benzene rings is 1. The van der Waals surface area contributed by atoms with E-state index in [4.69, 9.17) is 9.15 Å². The molecule has 0 aliphatic carbocycles. The van der Waals surface area contributed by atoms with Crippen molar-refractivity contribution in [2.24, 2.45) is 11.8 Å². The molecule has 170 valence electrons. The quantitative estimate of drug-likeness (QED) is 0.725. The van der Waals surface area contributed by atoms with Crippen molar-refractivity contribution in [1.29, 1.82) is 0 Å². The van der Waals surface area contributed by atoms with Crippen molar-refractivity contribution >= 4 is 30.7 Å². The summed E-state index contributed by atoms with van der Waals surface area (Å²) in [5.74, 6) is 3.12. The van der Waals surface area contributed by atoms with Crippen LogP contribution in [0.2, 0.25) is 0 Å². The van der Waals surface area contributed by atoms with Gasteiger partial charge in [0.1, 0.15) is 11.5 Å². The molecule has 3 saturated heterocycles. The fraction of sp³-hybridized carbons (Fsp3) is 0.522. The number of carbonyl (C=O) groups excluding carboxylic acids is 1. The van der Waals surface area contributed by atoms with Crippen LogP contribution in [0.15, 0.2) is 40.8 Å². The van der Waals surface area contributed by atoms with Crippen molar-refractivity contribution in [2.45, 2.75) is 25.4 Å². The van der Waals surface area contributed by atoms with Gasteiger partial charge in [0, 0.05) is 25.6 Å². The van der Waals surface area contributed by atoms with E-state index in [1.807, 2.05) is 29.2 Å². The third-order valence-electron chi connectivity index (χ3n) is 6.73. The highest BCUT2D eigenvalue weighted by Crippen LogP contribution is 2.43. The Kier molecular flexibility index (Phi) is 7.92. The van der Waals surface area contributed by atoms with Crippen LogP contribution in [0.1, 0.15) is 40.8 Å². The number of methoxy groups -OCH3 is 1. The molecular formula is C23H31Cl2N3O3. The van der Waals surface area contributed by atoms with Crippen LogP contribution in [0.5, 0.6) is 5.75 Å². The van der Waals surface area contributed by atoms with Crippen LogP contribution in [0, 0.1) is 11.8 Å². The lowest BCUT2D eigenvalue weighted by Crippen LogP contribution is -2.34. The maximum absolute atomic E-state index is 13.4. The second kappa shape index (κ2) is 10.3. The second-order valence-corrected chi connectivity index (χ2v) is 8.51. The van der Waals surface area contributed by atoms with E-state index in [9.17, 15) is 4.79 Å². The van der Waals surface area contributed by atoms with Gasteiger partial charge in [-0.15, -0.1) is 24.8 Å². The van der Waals surface area contributed by atoms with E-state index in [1.165, 1.54) is 18.4 Å². The SMILES string of the molecule is COc1ccc([C@H]2[C@H]3CNC[C@H]3CN2C(=O)c2ccc(CN3CCCC3)o2)cc1.Cl.Cl. The Morgan fingerprint density at radius 2 is 1.84 bits per heavy atom. The topological polar surface area (TPSA) is 58.0 Å². The van der Waals surface area contributed by atoms with Crippen molar-refractivity contribution in [2.75, 3.05) is 39.8 Å². The van der Waals surface area contributed by atoms with E-state index in [2.05, 4.69) is 22.3 Å². The molecule has 3 fully saturated rings. The molecule has 31 heavy (non-hydrogen) atoms. The molecule has 3 atom stereocenters. The molecule has 6 nitrogen and oxygen atoms in total. The molecule has 0 radical (unpaired) electrons. The summed E-state index contributed by atoms with van der Waals surface area (Å²) in [4.78, 5) is 17.8. The molecule has 1 aromatic heterocycles. The Balaban J connectivity index is 0.00000136. The monoisotopic (exact) mass is 467 g/mol. The average Bonchev–Trinajstić information content (AvgIpc) is 3.52. The molecule has 0 unspecified atom stereocenters. The van der Waals surface area contributed by atoms with Crippen molar-refractivity contribution in [3.8, 4) is 5.75 Å². The summed E-state index contributed by atoms with van der Waals surface area (Å²) in [6.45, 7) is 5.72. The molecule has 0 saturated carbocycles. The van der Waals surface area contributed by atoms with Crippen LogP contribution in [0.25, 0.3) is 0 Å². The van der Waals surface area contributed by atoms with Crippen molar-refractivity contribution in [3.05, 3.63) is 53.5 Å². The van der Waals surface area contributed by atoms with Gasteiger partial charge < -0.3 is 19.4 Å². The van der Waals surface area contributed by atoms with Crippen LogP contribution in [-0.2, 0) is 6.54 Å². The molecular weight excluding hydrogens is 437 g/mol. The number of likely N-dealkylation sites (tertiary alicyclic amines) is 2. The number of rotatable bonds is 5. The Bertz CT molecular complexity index is 867. The first-order chi connectivity index (χ1) is 14.2. The summed E-state index contributed by atoms with van der Waals surface area (Å²) in [6, 6.07) is 12.0. The molecule has 4 heterocycles. The zero-order valence-corrected chi connectivity index (χ0v) is 19.4. The molecule has 8 heteroatoms. The number of hydrogen-bond acceptors (Lipinski definition) is 5. The number of carbonyl (C=O) groups is 1. The van der Waals surface area contributed by atoms with Crippen LogP contribution < -0.4 is 10.1 Å². The summed E-state index contributed by atoms with van der Waals surface area (Å²) in [7, 11) is 1.67. The maximum atomic E-state index is 13.4. The summed E-state index contributed by atoms with van der Waals surface area (Å²) in [6.07, 6.45) is 2.50. The predicted molar refractivity (Wildman–Crippen MR) is 124 cm³/mol. The molecule has 0 bridgehead atoms. The molecule has 3 aliphatic heterocycles. The van der Waals surface area contributed by atoms with E-state index >= 15 is 0 Å². The van der Waals surface area contributed by atoms with Gasteiger partial charge in [-0.25, -0.2) is 0 Å². The minimum Gasteiger partial charge on any atom is -0.497 e. The number of amides is 1. The van der Waals surface area contributed by atoms with Crippen LogP contribution in [0.3, 0.4) is 0 Å². The smallest absolute Gasteiger partial charge is 0.290 e. The summed E-state index contributed by atoms with van der Waals surface area (Å²) >= 11 is 0. The fourth-order valence-corrected chi connectivity index (χ4v) is 5.24. The van der Waals surface area contributed by atoms with Gasteiger partial charge in [0.15, 0.2) is 5.76 Å². The largest absolute Gasteiger partial charge is 0.497 e. The normalized spacial score (nSPS) is 25.1. The van der Waals surface area contributed by atoms with Gasteiger partial charge in [-0.05, 0) is 61.7 Å². The number of nitrogens with zero attached hydrogens (tertiary/aromatic N) is 2. The molecule has 5 rings (SSSR count). The third kappa shape index (κ3) is 4.72. The minimum absolute atomic E-state index is 0. The highest BCUT2D eigenvalue weighted by Gasteiger charge is 2.47. The van der Waals surface area contributed by atoms with E-state index in [-0.39, 0.29) is 36.8 Å². The Labute approximate surface area is 196 Å². The minimum atomic E-state index is 0. The Morgan fingerprint density at radius 3 is 2.55 bits per heavy atom. The molecule has 1 amide bonds. The van der Waals surface area contributed by atoms with Gasteiger partial charge in [0.2, 0.25) is 0 Å². The molecule has 1 aromatic carbocycles. The van der Waals surface area contributed by atoms with Crippen LogP contribution in [0.4, 0.5) is 0 Å². The number of fused-ring (bicyclic) bond motifs is 1. The number of hydrogen-bond donors (Lipinski definition) is 1. The first-order valence-electron chi connectivity index (χ1n) is 10.7. The highest BCUT2D eigenvalue weighted by atomic mass is 35.5. The maximum Gasteiger partial charge on any atom is 0.290 e. The molecule has 2 aromatic rings. The lowest BCUT2D eigenvalue weighted by molar-refractivity contribution is 0.0678. The lowest BCUT2D eigenvalue weighted by Gasteiger charge is -2.28. The highest BCUT2D eigenvalue weighted by molar-refractivity contribution is 5.92. The predicted octanol–water partition coefficient (Wildman–Crippen LogP) is 3.76. The van der Waals surface area contributed by atoms with Crippen molar-refractivity contribution in [1.82, 2.24) is 15.1 Å². The first kappa shape index (κ1) is 23.9. The van der Waals surface area contributed by atoms with Gasteiger partial charge >= 0.3 is 0 Å². The summed E-state index contributed by atoms with van der Waals surface area (Å²) < 4.78 is 11.3. The summed E-state index contributed by atoms with van der Waals surface area (Å²) in [5, 5.41) is 3.50. The van der Waals surface area contributed by atoms with E-state index < -0.39 is 0 Å². The summed E-state index contributed by atoms with van der Waals surface area (Å²) in [5.41, 5.74) is 1.17. The number of halogens is 2. The number of furan rings is 1. The van der Waals surface area contributed by atoms with Gasteiger partial charge in [0.05, 0.1) is 19.7 Å². The van der Waals surface area contributed by atoms with Crippen molar-refractivity contribution < 1.29 is 13.9 Å². The van der Waals surface area contributed by atoms with Gasteiger partial charge in [-0.1, -0.05) is 12.1 Å². The number of nitrogens with one attached hydrogen (secondary N) is 1. The zero-order valence-electron chi connectivity index (χ0n) is 17.8. The van der Waals surface area contributed by atoms with E-state index in [1.54, 1.807) is 7.11 Å². The molecule has 0 spiro atoms. The molecule has 1 N–H and O–H groups in total. The Morgan fingerprint density at radius 1 is 1.10 bits per heavy atom. The zero-order chi connectivity index (χ0) is 19.8. The number of ether oxygens (including phenoxy) is 1. The van der Waals surface area contributed by atoms with Crippen LogP contribution in [-0.4, -0.2) is 55.5 Å². The van der Waals surface area contributed by atoms with E-state index in [0.717, 1.165) is 50.8 Å². The second-order valence-electron chi connectivity index (χ2n) is 8.51. The van der Waals surface area contributed by atoms with Gasteiger partial charge in [-0.2, -0.15) is 0 Å².